The molecule has 0 spiro atoms. The Morgan fingerprint density at radius 2 is 1.17 bits per heavy atom. The second kappa shape index (κ2) is 8.83. The first-order valence-electron chi connectivity index (χ1n) is 10.2. The molecule has 1 aromatic heterocycles. The Bertz CT molecular complexity index is 1070. The Balaban J connectivity index is 1.75. The molecule has 0 saturated heterocycles. The van der Waals surface area contributed by atoms with E-state index in [1.54, 1.807) is 0 Å². The van der Waals surface area contributed by atoms with Gasteiger partial charge in [0, 0.05) is 11.4 Å². The van der Waals surface area contributed by atoms with Crippen molar-refractivity contribution in [2.24, 2.45) is 0 Å². The number of anilines is 3. The van der Waals surface area contributed by atoms with Crippen LogP contribution in [0.5, 0.6) is 5.75 Å². The maximum atomic E-state index is 6.20. The lowest BCUT2D eigenvalue weighted by Gasteiger charge is -2.27. The van der Waals surface area contributed by atoms with Crippen LogP contribution in [-0.4, -0.2) is 4.98 Å². The Hall–Kier alpha value is -3.59. The Morgan fingerprint density at radius 3 is 1.70 bits per heavy atom. The molecule has 0 radical (unpaired) electrons. The summed E-state index contributed by atoms with van der Waals surface area (Å²) in [6.45, 7) is 6.78. The van der Waals surface area contributed by atoms with Crippen molar-refractivity contribution in [3.63, 3.8) is 0 Å². The van der Waals surface area contributed by atoms with Gasteiger partial charge in [-0.1, -0.05) is 66.7 Å². The third-order valence-electron chi connectivity index (χ3n) is 5.31. The van der Waals surface area contributed by atoms with Crippen molar-refractivity contribution in [1.29, 1.82) is 0 Å². The summed E-state index contributed by atoms with van der Waals surface area (Å²) >= 11 is 0. The van der Waals surface area contributed by atoms with Crippen molar-refractivity contribution in [3.05, 3.63) is 113 Å². The fourth-order valence-corrected chi connectivity index (χ4v) is 3.61. The molecule has 4 aromatic rings. The molecule has 30 heavy (non-hydrogen) atoms. The summed E-state index contributed by atoms with van der Waals surface area (Å²) in [7, 11) is 0. The van der Waals surface area contributed by atoms with Gasteiger partial charge >= 0.3 is 0 Å². The highest BCUT2D eigenvalue weighted by molar-refractivity contribution is 5.77. The van der Waals surface area contributed by atoms with E-state index in [1.807, 2.05) is 37.3 Å². The summed E-state index contributed by atoms with van der Waals surface area (Å²) in [6.07, 6.45) is 0. The van der Waals surface area contributed by atoms with Crippen molar-refractivity contribution in [1.82, 2.24) is 4.98 Å². The van der Waals surface area contributed by atoms with Gasteiger partial charge in [0.05, 0.1) is 5.69 Å². The molecule has 0 aliphatic rings. The van der Waals surface area contributed by atoms with Gasteiger partial charge in [0.1, 0.15) is 18.2 Å². The van der Waals surface area contributed by atoms with Crippen molar-refractivity contribution in [2.75, 3.05) is 4.90 Å². The van der Waals surface area contributed by atoms with E-state index in [9.17, 15) is 0 Å². The van der Waals surface area contributed by atoms with Crippen LogP contribution in [0.1, 0.15) is 22.4 Å². The topological polar surface area (TPSA) is 25.4 Å². The van der Waals surface area contributed by atoms with Crippen LogP contribution in [0, 0.1) is 20.8 Å². The average molecular weight is 395 g/mol. The number of hydrogen-bond donors (Lipinski definition) is 0. The number of ether oxygens (including phenoxy) is 1. The summed E-state index contributed by atoms with van der Waals surface area (Å²) in [5.74, 6) is 1.79. The van der Waals surface area contributed by atoms with Crippen LogP contribution < -0.4 is 9.64 Å². The molecule has 0 aliphatic heterocycles. The molecule has 3 heteroatoms. The minimum absolute atomic E-state index is 0.532. The first-order valence-corrected chi connectivity index (χ1v) is 10.2. The van der Waals surface area contributed by atoms with E-state index in [0.29, 0.717) is 6.61 Å². The molecule has 4 rings (SSSR count). The normalized spacial score (nSPS) is 10.6. The molecule has 3 nitrogen and oxygen atoms in total. The molecule has 0 fully saturated rings. The van der Waals surface area contributed by atoms with Crippen molar-refractivity contribution in [3.8, 4) is 5.75 Å². The van der Waals surface area contributed by atoms with Crippen LogP contribution in [0.25, 0.3) is 0 Å². The number of nitrogens with zero attached hydrogens (tertiary/aromatic N) is 2. The van der Waals surface area contributed by atoms with Crippen LogP contribution in [0.15, 0.2) is 91.0 Å². The Labute approximate surface area is 178 Å². The average Bonchev–Trinajstić information content (AvgIpc) is 2.79. The molecule has 0 N–H and O–H groups in total. The largest absolute Gasteiger partial charge is 0.487 e. The summed E-state index contributed by atoms with van der Waals surface area (Å²) < 4.78 is 6.20. The maximum Gasteiger partial charge on any atom is 0.144 e. The third-order valence-corrected chi connectivity index (χ3v) is 5.31. The lowest BCUT2D eigenvalue weighted by molar-refractivity contribution is 0.300. The van der Waals surface area contributed by atoms with Gasteiger partial charge in [0.25, 0.3) is 0 Å². The summed E-state index contributed by atoms with van der Waals surface area (Å²) in [5, 5.41) is 0. The second-order valence-electron chi connectivity index (χ2n) is 7.38. The quantitative estimate of drug-likeness (QED) is 0.350. The number of benzene rings is 3. The van der Waals surface area contributed by atoms with Crippen molar-refractivity contribution >= 4 is 17.2 Å². The van der Waals surface area contributed by atoms with E-state index in [-0.39, 0.29) is 0 Å². The zero-order valence-electron chi connectivity index (χ0n) is 17.7. The van der Waals surface area contributed by atoms with E-state index in [1.165, 1.54) is 0 Å². The van der Waals surface area contributed by atoms with Crippen LogP contribution in [-0.2, 0) is 6.61 Å². The molecule has 0 bridgehead atoms. The molecule has 0 saturated carbocycles. The van der Waals surface area contributed by atoms with Gasteiger partial charge in [-0.15, -0.1) is 0 Å². The van der Waals surface area contributed by atoms with Gasteiger partial charge in [0.15, 0.2) is 0 Å². The highest BCUT2D eigenvalue weighted by Crippen LogP contribution is 2.39. The minimum Gasteiger partial charge on any atom is -0.487 e. The predicted molar refractivity (Wildman–Crippen MR) is 124 cm³/mol. The number of hydrogen-bond acceptors (Lipinski definition) is 3. The monoisotopic (exact) mass is 394 g/mol. The molecular weight excluding hydrogens is 368 g/mol. The Kier molecular flexibility index (Phi) is 5.80. The first-order chi connectivity index (χ1) is 14.6. The number of rotatable bonds is 6. The van der Waals surface area contributed by atoms with Crippen LogP contribution in [0.3, 0.4) is 0 Å². The van der Waals surface area contributed by atoms with E-state index < -0.39 is 0 Å². The van der Waals surface area contributed by atoms with Gasteiger partial charge in [0.2, 0.25) is 0 Å². The van der Waals surface area contributed by atoms with E-state index in [4.69, 9.17) is 9.72 Å². The lowest BCUT2D eigenvalue weighted by atomic mass is 10.1. The summed E-state index contributed by atoms with van der Waals surface area (Å²) in [6, 6.07) is 30.9. The molecular formula is C27H26N2O. The SMILES string of the molecule is Cc1nc(N(c2ccccc2)c2ccccc2)c(C)c(C)c1OCc1ccccc1. The fraction of sp³-hybridized carbons (Fsp3) is 0.148. The lowest BCUT2D eigenvalue weighted by Crippen LogP contribution is -2.15. The minimum atomic E-state index is 0.532. The van der Waals surface area contributed by atoms with Crippen molar-refractivity contribution < 1.29 is 4.74 Å². The predicted octanol–water partition coefficient (Wildman–Crippen LogP) is 7.06. The number of aromatic nitrogens is 1. The van der Waals surface area contributed by atoms with Gasteiger partial charge in [-0.05, 0) is 61.7 Å². The van der Waals surface area contributed by atoms with Gasteiger partial charge in [-0.25, -0.2) is 4.98 Å². The smallest absolute Gasteiger partial charge is 0.144 e. The zero-order chi connectivity index (χ0) is 20.9. The standard InChI is InChI=1S/C27H26N2O/c1-20-21(2)27(28-22(3)26(20)30-19-23-13-7-4-8-14-23)29(24-15-9-5-10-16-24)25-17-11-6-12-18-25/h4-18H,19H2,1-3H3. The summed E-state index contributed by atoms with van der Waals surface area (Å²) in [5.41, 5.74) is 6.42. The van der Waals surface area contributed by atoms with E-state index >= 15 is 0 Å². The Morgan fingerprint density at radius 1 is 0.667 bits per heavy atom. The van der Waals surface area contributed by atoms with Gasteiger partial charge in [-0.2, -0.15) is 0 Å². The van der Waals surface area contributed by atoms with E-state index in [2.05, 4.69) is 79.4 Å². The fourth-order valence-electron chi connectivity index (χ4n) is 3.61. The highest BCUT2D eigenvalue weighted by atomic mass is 16.5. The van der Waals surface area contributed by atoms with Crippen molar-refractivity contribution in [2.45, 2.75) is 27.4 Å². The highest BCUT2D eigenvalue weighted by Gasteiger charge is 2.20. The molecule has 3 aromatic carbocycles. The molecule has 0 amide bonds. The van der Waals surface area contributed by atoms with Gasteiger partial charge in [-0.3, -0.25) is 4.90 Å². The first kappa shape index (κ1) is 19.7. The summed E-state index contributed by atoms with van der Waals surface area (Å²) in [4.78, 5) is 7.20. The molecule has 0 aliphatic carbocycles. The van der Waals surface area contributed by atoms with E-state index in [0.717, 1.165) is 45.3 Å². The van der Waals surface area contributed by atoms with Gasteiger partial charge < -0.3 is 4.74 Å². The van der Waals surface area contributed by atoms with Crippen LogP contribution in [0.4, 0.5) is 17.2 Å². The third kappa shape index (κ3) is 4.06. The number of aryl methyl sites for hydroxylation is 1. The second-order valence-corrected chi connectivity index (χ2v) is 7.38. The molecule has 150 valence electrons. The van der Waals surface area contributed by atoms with Crippen LogP contribution >= 0.6 is 0 Å². The van der Waals surface area contributed by atoms with Crippen LogP contribution in [0.2, 0.25) is 0 Å². The number of pyridine rings is 1. The number of para-hydroxylation sites is 2. The zero-order valence-corrected chi connectivity index (χ0v) is 17.7. The molecule has 1 heterocycles. The maximum absolute atomic E-state index is 6.20. The molecule has 0 unspecified atom stereocenters. The molecule has 0 atom stereocenters.